The maximum absolute atomic E-state index is 12.4. The fraction of sp³-hybridized carbons (Fsp3) is 0.417. The van der Waals surface area contributed by atoms with Crippen molar-refractivity contribution in [3.63, 3.8) is 0 Å². The van der Waals surface area contributed by atoms with Crippen LogP contribution in [0.15, 0.2) is 24.3 Å². The number of nitrogens with zero attached hydrogens (tertiary/aromatic N) is 1. The second-order valence-corrected chi connectivity index (χ2v) is 4.38. The average molecular weight is 258 g/mol. The zero-order chi connectivity index (χ0) is 13.3. The van der Waals surface area contributed by atoms with Crippen LogP contribution in [0.4, 0.5) is 18.9 Å². The highest BCUT2D eigenvalue weighted by Crippen LogP contribution is 2.31. The van der Waals surface area contributed by atoms with Gasteiger partial charge in [0, 0.05) is 18.8 Å². The van der Waals surface area contributed by atoms with Crippen molar-refractivity contribution in [3.8, 4) is 0 Å². The van der Waals surface area contributed by atoms with E-state index < -0.39 is 11.7 Å². The van der Waals surface area contributed by atoms with Crippen molar-refractivity contribution in [3.05, 3.63) is 29.8 Å². The van der Waals surface area contributed by atoms with Crippen LogP contribution in [0.1, 0.15) is 12.0 Å². The molecule has 1 aromatic rings. The van der Waals surface area contributed by atoms with Crippen LogP contribution in [0.25, 0.3) is 0 Å². The van der Waals surface area contributed by atoms with Crippen LogP contribution in [0, 0.1) is 5.92 Å². The van der Waals surface area contributed by atoms with Gasteiger partial charge in [-0.1, -0.05) is 0 Å². The van der Waals surface area contributed by atoms with E-state index in [-0.39, 0.29) is 11.8 Å². The lowest BCUT2D eigenvalue weighted by Crippen LogP contribution is -2.27. The summed E-state index contributed by atoms with van der Waals surface area (Å²) in [6.07, 6.45) is -3.67. The molecule has 6 heteroatoms. The molecule has 0 bridgehead atoms. The zero-order valence-corrected chi connectivity index (χ0v) is 9.57. The van der Waals surface area contributed by atoms with Gasteiger partial charge in [0.2, 0.25) is 5.91 Å². The molecule has 2 rings (SSSR count). The molecule has 0 saturated carbocycles. The predicted octanol–water partition coefficient (Wildman–Crippen LogP) is 2.02. The number of hydrogen-bond acceptors (Lipinski definition) is 2. The van der Waals surface area contributed by atoms with Crippen LogP contribution in [-0.2, 0) is 11.0 Å². The zero-order valence-electron chi connectivity index (χ0n) is 9.57. The number of alkyl halides is 3. The molecule has 18 heavy (non-hydrogen) atoms. The number of benzene rings is 1. The molecule has 3 nitrogen and oxygen atoms in total. The van der Waals surface area contributed by atoms with Crippen LogP contribution in [0.3, 0.4) is 0 Å². The summed E-state index contributed by atoms with van der Waals surface area (Å²) < 4.78 is 37.2. The standard InChI is InChI=1S/C12H13F3N2O/c13-12(14,15)9-1-3-10(4-2-9)17-6-5-8(7-17)11(16)18/h1-4,8H,5-7H2,(H2,16,18). The molecule has 0 aromatic heterocycles. The third kappa shape index (κ3) is 2.57. The van der Waals surface area contributed by atoms with Gasteiger partial charge in [0.15, 0.2) is 0 Å². The topological polar surface area (TPSA) is 46.3 Å². The third-order valence-corrected chi connectivity index (χ3v) is 3.15. The molecular formula is C12H13F3N2O. The predicted molar refractivity (Wildman–Crippen MR) is 61.0 cm³/mol. The summed E-state index contributed by atoms with van der Waals surface area (Å²) in [5.41, 5.74) is 5.22. The Morgan fingerprint density at radius 1 is 1.28 bits per heavy atom. The SMILES string of the molecule is NC(=O)C1CCN(c2ccc(C(F)(F)F)cc2)C1. The van der Waals surface area contributed by atoms with Gasteiger partial charge < -0.3 is 10.6 Å². The lowest BCUT2D eigenvalue weighted by atomic mass is 10.1. The summed E-state index contributed by atoms with van der Waals surface area (Å²) in [4.78, 5) is 12.9. The number of hydrogen-bond donors (Lipinski definition) is 1. The number of primary amides is 1. The number of carbonyl (C=O) groups is 1. The molecule has 0 aliphatic carbocycles. The summed E-state index contributed by atoms with van der Waals surface area (Å²) in [5, 5.41) is 0. The summed E-state index contributed by atoms with van der Waals surface area (Å²) >= 11 is 0. The van der Waals surface area contributed by atoms with Crippen molar-refractivity contribution >= 4 is 11.6 Å². The second kappa shape index (κ2) is 4.51. The lowest BCUT2D eigenvalue weighted by molar-refractivity contribution is -0.137. The highest BCUT2D eigenvalue weighted by molar-refractivity contribution is 5.78. The average Bonchev–Trinajstić information content (AvgIpc) is 2.77. The third-order valence-electron chi connectivity index (χ3n) is 3.15. The fourth-order valence-electron chi connectivity index (χ4n) is 2.09. The summed E-state index contributed by atoms with van der Waals surface area (Å²) in [5.74, 6) is -0.572. The monoisotopic (exact) mass is 258 g/mol. The molecule has 2 N–H and O–H groups in total. The minimum absolute atomic E-state index is 0.215. The first kappa shape index (κ1) is 12.7. The molecule has 1 saturated heterocycles. The normalized spacial score (nSPS) is 20.2. The van der Waals surface area contributed by atoms with E-state index in [1.807, 2.05) is 4.90 Å². The highest BCUT2D eigenvalue weighted by Gasteiger charge is 2.31. The van der Waals surface area contributed by atoms with E-state index in [2.05, 4.69) is 0 Å². The Labute approximate surface area is 102 Å². The highest BCUT2D eigenvalue weighted by atomic mass is 19.4. The van der Waals surface area contributed by atoms with Crippen molar-refractivity contribution in [1.29, 1.82) is 0 Å². The van der Waals surface area contributed by atoms with Gasteiger partial charge in [-0.15, -0.1) is 0 Å². The molecule has 1 aliphatic heterocycles. The minimum atomic E-state index is -4.32. The fourth-order valence-corrected chi connectivity index (χ4v) is 2.09. The van der Waals surface area contributed by atoms with Gasteiger partial charge in [-0.05, 0) is 30.7 Å². The van der Waals surface area contributed by atoms with Crippen LogP contribution in [0.5, 0.6) is 0 Å². The Morgan fingerprint density at radius 2 is 1.89 bits per heavy atom. The number of rotatable bonds is 2. The van der Waals surface area contributed by atoms with Crippen molar-refractivity contribution in [2.75, 3.05) is 18.0 Å². The van der Waals surface area contributed by atoms with E-state index >= 15 is 0 Å². The van der Waals surface area contributed by atoms with E-state index in [0.717, 1.165) is 12.1 Å². The quantitative estimate of drug-likeness (QED) is 0.882. The maximum Gasteiger partial charge on any atom is 0.416 e. The number of amides is 1. The molecule has 0 spiro atoms. The second-order valence-electron chi connectivity index (χ2n) is 4.38. The summed E-state index contributed by atoms with van der Waals surface area (Å²) in [7, 11) is 0. The Balaban J connectivity index is 2.10. The van der Waals surface area contributed by atoms with Gasteiger partial charge in [-0.2, -0.15) is 13.2 Å². The minimum Gasteiger partial charge on any atom is -0.371 e. The van der Waals surface area contributed by atoms with Gasteiger partial charge >= 0.3 is 6.18 Å². The molecule has 1 heterocycles. The molecule has 1 aliphatic rings. The van der Waals surface area contributed by atoms with Crippen molar-refractivity contribution in [2.45, 2.75) is 12.6 Å². The molecular weight excluding hydrogens is 245 g/mol. The van der Waals surface area contributed by atoms with Crippen molar-refractivity contribution in [1.82, 2.24) is 0 Å². The Morgan fingerprint density at radius 3 is 2.33 bits per heavy atom. The molecule has 1 aromatic carbocycles. The van der Waals surface area contributed by atoms with Gasteiger partial charge in [-0.25, -0.2) is 0 Å². The first-order valence-electron chi connectivity index (χ1n) is 5.59. The molecule has 1 unspecified atom stereocenters. The van der Waals surface area contributed by atoms with Crippen molar-refractivity contribution < 1.29 is 18.0 Å². The Kier molecular flexibility index (Phi) is 3.19. The molecule has 0 radical (unpaired) electrons. The lowest BCUT2D eigenvalue weighted by Gasteiger charge is -2.18. The molecule has 1 amide bonds. The number of halogens is 3. The van der Waals surface area contributed by atoms with Gasteiger partial charge in [-0.3, -0.25) is 4.79 Å². The van der Waals surface area contributed by atoms with Crippen molar-refractivity contribution in [2.24, 2.45) is 11.7 Å². The van der Waals surface area contributed by atoms with E-state index in [0.29, 0.717) is 25.2 Å². The number of nitrogens with two attached hydrogens (primary N) is 1. The molecule has 1 atom stereocenters. The summed E-state index contributed by atoms with van der Waals surface area (Å²) in [6.45, 7) is 1.11. The van der Waals surface area contributed by atoms with Crippen LogP contribution in [-0.4, -0.2) is 19.0 Å². The smallest absolute Gasteiger partial charge is 0.371 e. The van der Waals surface area contributed by atoms with Gasteiger partial charge in [0.1, 0.15) is 0 Å². The molecule has 98 valence electrons. The first-order valence-corrected chi connectivity index (χ1v) is 5.59. The number of carbonyl (C=O) groups excluding carboxylic acids is 1. The summed E-state index contributed by atoms with van der Waals surface area (Å²) in [6, 6.07) is 4.94. The number of anilines is 1. The van der Waals surface area contributed by atoms with E-state index in [1.54, 1.807) is 0 Å². The van der Waals surface area contributed by atoms with E-state index in [1.165, 1.54) is 12.1 Å². The van der Waals surface area contributed by atoms with Gasteiger partial charge in [0.05, 0.1) is 11.5 Å². The van der Waals surface area contributed by atoms with E-state index in [9.17, 15) is 18.0 Å². The first-order chi connectivity index (χ1) is 8.38. The van der Waals surface area contributed by atoms with Crippen LogP contribution in [0.2, 0.25) is 0 Å². The largest absolute Gasteiger partial charge is 0.416 e. The Hall–Kier alpha value is -1.72. The maximum atomic E-state index is 12.4. The van der Waals surface area contributed by atoms with E-state index in [4.69, 9.17) is 5.73 Å². The van der Waals surface area contributed by atoms with Gasteiger partial charge in [0.25, 0.3) is 0 Å². The molecule has 1 fully saturated rings. The van der Waals surface area contributed by atoms with Crippen LogP contribution >= 0.6 is 0 Å². The Bertz CT molecular complexity index is 442. The van der Waals surface area contributed by atoms with Crippen LogP contribution < -0.4 is 10.6 Å².